The molecule has 3 heterocycles. The van der Waals surface area contributed by atoms with Crippen molar-refractivity contribution in [2.24, 2.45) is 17.8 Å². The van der Waals surface area contributed by atoms with E-state index in [2.05, 4.69) is 27.3 Å². The lowest BCUT2D eigenvalue weighted by Gasteiger charge is -2.33. The van der Waals surface area contributed by atoms with Crippen LogP contribution in [0.2, 0.25) is 0 Å². The Balaban J connectivity index is 1.34. The van der Waals surface area contributed by atoms with Crippen LogP contribution in [0.25, 0.3) is 10.8 Å². The van der Waals surface area contributed by atoms with Gasteiger partial charge in [-0.1, -0.05) is 26.0 Å². The van der Waals surface area contributed by atoms with Gasteiger partial charge in [-0.15, -0.1) is 0 Å². The lowest BCUT2D eigenvalue weighted by molar-refractivity contribution is -0.142. The average molecular weight is 796 g/mol. The van der Waals surface area contributed by atoms with E-state index in [1.807, 2.05) is 57.2 Å². The lowest BCUT2D eigenvalue weighted by Crippen LogP contribution is -2.59. The molecule has 0 bridgehead atoms. The van der Waals surface area contributed by atoms with Gasteiger partial charge in [0, 0.05) is 23.9 Å². The highest BCUT2D eigenvalue weighted by Gasteiger charge is 2.63. The van der Waals surface area contributed by atoms with Gasteiger partial charge in [-0.2, -0.15) is 0 Å². The molecule has 14 nitrogen and oxygen atoms in total. The van der Waals surface area contributed by atoms with Crippen molar-refractivity contribution in [1.82, 2.24) is 25.2 Å². The van der Waals surface area contributed by atoms with Crippen molar-refractivity contribution in [3.05, 3.63) is 42.6 Å². The number of alkyl carbamates (subject to hydrolysis) is 1. The zero-order valence-corrected chi connectivity index (χ0v) is 34.5. The Kier molecular flexibility index (Phi) is 11.4. The molecule has 3 N–H and O–H groups in total. The Morgan fingerprint density at radius 1 is 1.09 bits per heavy atom. The number of rotatable bonds is 8. The minimum Gasteiger partial charge on any atom is -0.491 e. The average Bonchev–Trinajstić information content (AvgIpc) is 3.97. The number of hydrogen-bond donors (Lipinski definition) is 3. The van der Waals surface area contributed by atoms with Gasteiger partial charge in [0.1, 0.15) is 35.1 Å². The van der Waals surface area contributed by atoms with Crippen molar-refractivity contribution in [3.8, 4) is 11.6 Å². The lowest BCUT2D eigenvalue weighted by atomic mass is 9.88. The fourth-order valence-corrected chi connectivity index (χ4v) is 9.07. The monoisotopic (exact) mass is 795 g/mol. The smallest absolute Gasteiger partial charge is 0.408 e. The molecule has 2 aromatic rings. The number of aromatic nitrogens is 1. The topological polar surface area (TPSA) is 182 Å². The zero-order chi connectivity index (χ0) is 40.8. The molecular weight excluding hydrogens is 739 g/mol. The minimum atomic E-state index is -4.00. The fraction of sp³-hybridized carbons (Fsp3) is 0.634. The van der Waals surface area contributed by atoms with Crippen LogP contribution in [0.15, 0.2) is 42.6 Å². The van der Waals surface area contributed by atoms with Gasteiger partial charge in [-0.05, 0) is 122 Å². The molecule has 4 amide bonds. The van der Waals surface area contributed by atoms with Gasteiger partial charge in [0.05, 0.1) is 17.4 Å². The Bertz CT molecular complexity index is 1990. The van der Waals surface area contributed by atoms with Crippen molar-refractivity contribution in [2.75, 3.05) is 6.54 Å². The summed E-state index contributed by atoms with van der Waals surface area (Å²) in [6.07, 6.45) is 7.13. The van der Waals surface area contributed by atoms with E-state index < -0.39 is 73.8 Å². The second kappa shape index (κ2) is 15.5. The molecule has 7 atom stereocenters. The largest absolute Gasteiger partial charge is 0.491 e. The Morgan fingerprint density at radius 2 is 1.82 bits per heavy atom. The third-order valence-electron chi connectivity index (χ3n) is 11.3. The van der Waals surface area contributed by atoms with Crippen LogP contribution in [0.5, 0.6) is 11.6 Å². The molecule has 2 saturated carbocycles. The summed E-state index contributed by atoms with van der Waals surface area (Å²) in [5.41, 5.74) is -2.35. The number of nitrogens with one attached hydrogen (secondary N) is 3. The molecule has 0 radical (unpaired) electrons. The standard InChI is InChI=1S/C41H57N5O9S/c1-24(2)53-29-13-14-31-27(20-29)15-18-42-35(31)54-30-21-32-34(47)44-41(37(49)45-56(51,52)40(8)16-17-40)22-28(41)12-10-9-11-25(3)19-26(4)33(36(48)46(32)23-30)43-38(50)55-39(5,6)7/h10,12-15,18,20,24-26,28,30,32-33H,9,11,16-17,19,21-23H2,1-8H3,(H,43,50)(H,44,47)(H,45,49). The third-order valence-corrected chi connectivity index (χ3v) is 13.4. The molecule has 56 heavy (non-hydrogen) atoms. The number of pyridine rings is 1. The number of fused-ring (bicyclic) bond motifs is 3. The van der Waals surface area contributed by atoms with Crippen LogP contribution >= 0.6 is 0 Å². The second-order valence-corrected chi connectivity index (χ2v) is 19.9. The number of hydrogen-bond acceptors (Lipinski definition) is 10. The summed E-state index contributed by atoms with van der Waals surface area (Å²) in [5.74, 6) is -1.55. The Morgan fingerprint density at radius 3 is 2.50 bits per heavy atom. The van der Waals surface area contributed by atoms with Gasteiger partial charge >= 0.3 is 6.09 Å². The van der Waals surface area contributed by atoms with E-state index in [0.717, 1.165) is 11.8 Å². The molecule has 306 valence electrons. The summed E-state index contributed by atoms with van der Waals surface area (Å²) in [6, 6.07) is 5.24. The fourth-order valence-electron chi connectivity index (χ4n) is 7.76. The molecule has 2 aliphatic heterocycles. The van der Waals surface area contributed by atoms with Crippen molar-refractivity contribution < 1.29 is 41.8 Å². The molecule has 1 aromatic heterocycles. The summed E-state index contributed by atoms with van der Waals surface area (Å²) in [7, 11) is -4.00. The summed E-state index contributed by atoms with van der Waals surface area (Å²) in [6.45, 7) is 14.6. The van der Waals surface area contributed by atoms with Crippen LogP contribution in [0.4, 0.5) is 4.79 Å². The SMILES string of the molecule is CC1CCC=CC2CC2(C(=O)NS(=O)(=O)C2(C)CC2)NC(=O)C2CC(Oc3nccc4cc(OC(C)C)ccc34)CN2C(=O)C(NC(=O)OC(C)(C)C)C(C)C1. The molecule has 1 aromatic carbocycles. The maximum absolute atomic E-state index is 14.8. The van der Waals surface area contributed by atoms with Gasteiger partial charge in [0.2, 0.25) is 27.7 Å². The summed E-state index contributed by atoms with van der Waals surface area (Å²) >= 11 is 0. The molecule has 6 rings (SSSR count). The van der Waals surface area contributed by atoms with Crippen molar-refractivity contribution in [1.29, 1.82) is 0 Å². The Hall–Kier alpha value is -4.40. The number of sulfonamides is 1. The van der Waals surface area contributed by atoms with Crippen LogP contribution in [-0.4, -0.2) is 88.8 Å². The van der Waals surface area contributed by atoms with Crippen LogP contribution in [0.1, 0.15) is 100 Å². The van der Waals surface area contributed by atoms with Crippen LogP contribution in [-0.2, 0) is 29.1 Å². The maximum Gasteiger partial charge on any atom is 0.408 e. The van der Waals surface area contributed by atoms with Gasteiger partial charge in [-0.25, -0.2) is 18.2 Å². The van der Waals surface area contributed by atoms with Crippen LogP contribution < -0.4 is 24.8 Å². The predicted octanol–water partition coefficient (Wildman–Crippen LogP) is 5.15. The van der Waals surface area contributed by atoms with E-state index in [1.165, 1.54) is 4.90 Å². The molecule has 1 saturated heterocycles. The predicted molar refractivity (Wildman–Crippen MR) is 210 cm³/mol. The number of carbonyl (C=O) groups is 4. The molecule has 15 heteroatoms. The first-order chi connectivity index (χ1) is 26.2. The highest BCUT2D eigenvalue weighted by molar-refractivity contribution is 7.91. The number of ether oxygens (including phenoxy) is 3. The zero-order valence-electron chi connectivity index (χ0n) is 33.7. The van der Waals surface area contributed by atoms with Gasteiger partial charge < -0.3 is 29.7 Å². The van der Waals surface area contributed by atoms with E-state index in [4.69, 9.17) is 14.2 Å². The van der Waals surface area contributed by atoms with Crippen molar-refractivity contribution in [2.45, 2.75) is 141 Å². The van der Waals surface area contributed by atoms with Gasteiger partial charge in [-0.3, -0.25) is 19.1 Å². The van der Waals surface area contributed by atoms with E-state index in [-0.39, 0.29) is 37.3 Å². The number of amides is 4. The molecule has 2 aliphatic carbocycles. The molecule has 3 fully saturated rings. The van der Waals surface area contributed by atoms with Crippen molar-refractivity contribution >= 4 is 44.6 Å². The van der Waals surface area contributed by atoms with Gasteiger partial charge in [0.25, 0.3) is 5.91 Å². The molecule has 7 unspecified atom stereocenters. The van der Waals surface area contributed by atoms with E-state index in [0.29, 0.717) is 42.7 Å². The highest BCUT2D eigenvalue weighted by atomic mass is 32.2. The van der Waals surface area contributed by atoms with E-state index in [1.54, 1.807) is 33.9 Å². The first kappa shape index (κ1) is 41.2. The normalized spacial score (nSPS) is 29.3. The van der Waals surface area contributed by atoms with Gasteiger partial charge in [0.15, 0.2) is 0 Å². The summed E-state index contributed by atoms with van der Waals surface area (Å²) in [4.78, 5) is 62.4. The molecule has 0 spiro atoms. The number of allylic oxidation sites excluding steroid dienone is 1. The number of carbonyl (C=O) groups excluding carboxylic acids is 4. The summed E-state index contributed by atoms with van der Waals surface area (Å²) in [5, 5.41) is 7.27. The van der Waals surface area contributed by atoms with Crippen molar-refractivity contribution in [3.63, 3.8) is 0 Å². The van der Waals surface area contributed by atoms with Crippen LogP contribution in [0, 0.1) is 17.8 Å². The van der Waals surface area contributed by atoms with E-state index in [9.17, 15) is 27.6 Å². The first-order valence-electron chi connectivity index (χ1n) is 19.8. The summed E-state index contributed by atoms with van der Waals surface area (Å²) < 4.78 is 45.6. The van der Waals surface area contributed by atoms with E-state index >= 15 is 0 Å². The minimum absolute atomic E-state index is 0.0180. The highest BCUT2D eigenvalue weighted by Crippen LogP contribution is 2.47. The third kappa shape index (κ3) is 9.08. The second-order valence-electron chi connectivity index (χ2n) is 17.8. The number of benzene rings is 1. The van der Waals surface area contributed by atoms with Crippen LogP contribution in [0.3, 0.4) is 0 Å². The number of nitrogens with zero attached hydrogens (tertiary/aromatic N) is 2. The molecular formula is C41H57N5O9S. The maximum atomic E-state index is 14.8. The Labute approximate surface area is 329 Å². The quantitative estimate of drug-likeness (QED) is 0.303. The first-order valence-corrected chi connectivity index (χ1v) is 21.3. The molecule has 4 aliphatic rings.